The zero-order valence-corrected chi connectivity index (χ0v) is 10.3. The van der Waals surface area contributed by atoms with Crippen molar-refractivity contribution in [2.45, 2.75) is 11.3 Å². The lowest BCUT2D eigenvalue weighted by atomic mass is 10.2. The first kappa shape index (κ1) is 12.5. The van der Waals surface area contributed by atoms with Crippen molar-refractivity contribution < 1.29 is 8.42 Å². The smallest absolute Gasteiger partial charge is 0.241 e. The highest BCUT2D eigenvalue weighted by Crippen LogP contribution is 2.21. The van der Waals surface area contributed by atoms with Gasteiger partial charge < -0.3 is 0 Å². The molecule has 0 spiro atoms. The number of rotatable bonds is 4. The molecule has 1 heterocycles. The third-order valence-corrected chi connectivity index (χ3v) is 3.98. The second-order valence-electron chi connectivity index (χ2n) is 3.66. The normalized spacial score (nSPS) is 11.3. The van der Waals surface area contributed by atoms with Crippen molar-refractivity contribution in [2.24, 2.45) is 0 Å². The van der Waals surface area contributed by atoms with Gasteiger partial charge in [0.05, 0.1) is 11.0 Å². The van der Waals surface area contributed by atoms with Crippen LogP contribution in [0.4, 0.5) is 0 Å². The van der Waals surface area contributed by atoms with Gasteiger partial charge in [-0.05, 0) is 12.1 Å². The number of sulfonamides is 1. The van der Waals surface area contributed by atoms with Crippen LogP contribution in [-0.4, -0.2) is 19.9 Å². The molecule has 0 amide bonds. The maximum absolute atomic E-state index is 12.1. The second kappa shape index (κ2) is 5.12. The predicted molar refractivity (Wildman–Crippen MR) is 67.2 cm³/mol. The molecule has 0 atom stereocenters. The minimum atomic E-state index is -3.59. The molecule has 1 aromatic carbocycles. The Kier molecular flexibility index (Phi) is 3.55. The van der Waals surface area contributed by atoms with Crippen LogP contribution in [0.15, 0.2) is 41.6 Å². The highest BCUT2D eigenvalue weighted by Gasteiger charge is 2.16. The molecule has 2 rings (SSSR count). The molecule has 0 fully saturated rings. The number of fused-ring (bicyclic) bond motifs is 1. The zero-order valence-electron chi connectivity index (χ0n) is 9.50. The van der Waals surface area contributed by atoms with E-state index < -0.39 is 10.0 Å². The minimum Gasteiger partial charge on any atom is -0.264 e. The Balaban J connectivity index is 2.45. The number of nitriles is 1. The van der Waals surface area contributed by atoms with Crippen LogP contribution in [0.1, 0.15) is 6.42 Å². The highest BCUT2D eigenvalue weighted by molar-refractivity contribution is 7.89. The van der Waals surface area contributed by atoms with Gasteiger partial charge in [0.1, 0.15) is 0 Å². The Morgan fingerprint density at radius 2 is 2.17 bits per heavy atom. The first-order valence-corrected chi connectivity index (χ1v) is 6.83. The number of hydrogen-bond donors (Lipinski definition) is 1. The number of aromatic nitrogens is 1. The molecule has 0 bridgehead atoms. The highest BCUT2D eigenvalue weighted by atomic mass is 32.2. The van der Waals surface area contributed by atoms with Gasteiger partial charge in [-0.3, -0.25) is 4.98 Å². The Morgan fingerprint density at radius 3 is 2.94 bits per heavy atom. The lowest BCUT2D eigenvalue weighted by Crippen LogP contribution is -2.24. The van der Waals surface area contributed by atoms with Gasteiger partial charge in [-0.15, -0.1) is 0 Å². The van der Waals surface area contributed by atoms with Crippen LogP contribution in [0.5, 0.6) is 0 Å². The summed E-state index contributed by atoms with van der Waals surface area (Å²) >= 11 is 0. The fourth-order valence-corrected chi connectivity index (χ4v) is 2.91. The molecule has 18 heavy (non-hydrogen) atoms. The monoisotopic (exact) mass is 261 g/mol. The van der Waals surface area contributed by atoms with Crippen molar-refractivity contribution in [3.63, 3.8) is 0 Å². The summed E-state index contributed by atoms with van der Waals surface area (Å²) in [5, 5.41) is 9.80. The first-order chi connectivity index (χ1) is 8.65. The van der Waals surface area contributed by atoms with Crippen molar-refractivity contribution in [1.82, 2.24) is 9.71 Å². The van der Waals surface area contributed by atoms with Gasteiger partial charge in [0.25, 0.3) is 0 Å². The summed E-state index contributed by atoms with van der Waals surface area (Å²) in [6.07, 6.45) is 3.31. The molecule has 0 aliphatic carbocycles. The number of benzene rings is 1. The van der Waals surface area contributed by atoms with E-state index in [1.165, 1.54) is 6.07 Å². The molecular formula is C12H11N3O2S. The predicted octanol–water partition coefficient (Wildman–Crippen LogP) is 1.43. The van der Waals surface area contributed by atoms with E-state index in [2.05, 4.69) is 9.71 Å². The third kappa shape index (κ3) is 2.47. The SMILES string of the molecule is N#CCCNS(=O)(=O)c1cccc2cnccc12. The van der Waals surface area contributed by atoms with E-state index in [1.54, 1.807) is 30.6 Å². The van der Waals surface area contributed by atoms with Gasteiger partial charge in [0.15, 0.2) is 0 Å². The van der Waals surface area contributed by atoms with Gasteiger partial charge in [0.2, 0.25) is 10.0 Å². The fraction of sp³-hybridized carbons (Fsp3) is 0.167. The summed E-state index contributed by atoms with van der Waals surface area (Å²) in [6, 6.07) is 8.56. The summed E-state index contributed by atoms with van der Waals surface area (Å²) in [4.78, 5) is 4.16. The van der Waals surface area contributed by atoms with E-state index in [4.69, 9.17) is 5.26 Å². The summed E-state index contributed by atoms with van der Waals surface area (Å²) in [7, 11) is -3.59. The van der Waals surface area contributed by atoms with Crippen LogP contribution in [0.3, 0.4) is 0 Å². The molecule has 1 N–H and O–H groups in total. The number of nitrogens with zero attached hydrogens (tertiary/aromatic N) is 2. The van der Waals surface area contributed by atoms with E-state index >= 15 is 0 Å². The lowest BCUT2D eigenvalue weighted by Gasteiger charge is -2.08. The van der Waals surface area contributed by atoms with Gasteiger partial charge >= 0.3 is 0 Å². The number of hydrogen-bond acceptors (Lipinski definition) is 4. The quantitative estimate of drug-likeness (QED) is 0.844. The summed E-state index contributed by atoms with van der Waals surface area (Å²) in [5.74, 6) is 0. The van der Waals surface area contributed by atoms with Gasteiger partial charge in [0, 0.05) is 36.1 Å². The zero-order chi connectivity index (χ0) is 13.0. The van der Waals surface area contributed by atoms with Crippen molar-refractivity contribution in [1.29, 1.82) is 5.26 Å². The molecule has 0 saturated heterocycles. The second-order valence-corrected chi connectivity index (χ2v) is 5.39. The van der Waals surface area contributed by atoms with Gasteiger partial charge in [-0.25, -0.2) is 13.1 Å². The number of pyridine rings is 1. The maximum atomic E-state index is 12.1. The molecule has 0 unspecified atom stereocenters. The van der Waals surface area contributed by atoms with E-state index in [1.807, 2.05) is 6.07 Å². The average Bonchev–Trinajstić information content (AvgIpc) is 2.38. The van der Waals surface area contributed by atoms with Crippen LogP contribution >= 0.6 is 0 Å². The summed E-state index contributed by atoms with van der Waals surface area (Å²) in [6.45, 7) is 0.111. The van der Waals surface area contributed by atoms with Crippen molar-refractivity contribution in [3.05, 3.63) is 36.7 Å². The third-order valence-electron chi connectivity index (χ3n) is 2.46. The first-order valence-electron chi connectivity index (χ1n) is 5.34. The van der Waals surface area contributed by atoms with Crippen molar-refractivity contribution in [3.8, 4) is 6.07 Å². The van der Waals surface area contributed by atoms with Crippen LogP contribution in [0.2, 0.25) is 0 Å². The maximum Gasteiger partial charge on any atom is 0.241 e. The standard InChI is InChI=1S/C12H11N3O2S/c13-6-2-7-15-18(16,17)12-4-1-3-10-9-14-8-5-11(10)12/h1,3-5,8-9,15H,2,7H2. The largest absolute Gasteiger partial charge is 0.264 e. The van der Waals surface area contributed by atoms with Crippen molar-refractivity contribution >= 4 is 20.8 Å². The van der Waals surface area contributed by atoms with E-state index in [9.17, 15) is 8.42 Å². The van der Waals surface area contributed by atoms with E-state index in [-0.39, 0.29) is 17.9 Å². The molecule has 0 radical (unpaired) electrons. The lowest BCUT2D eigenvalue weighted by molar-refractivity contribution is 0.583. The van der Waals surface area contributed by atoms with Gasteiger partial charge in [-0.2, -0.15) is 5.26 Å². The number of nitrogens with one attached hydrogen (secondary N) is 1. The molecule has 0 saturated carbocycles. The Labute approximate surface area is 105 Å². The van der Waals surface area contributed by atoms with Crippen LogP contribution < -0.4 is 4.72 Å². The summed E-state index contributed by atoms with van der Waals surface area (Å²) in [5.41, 5.74) is 0. The minimum absolute atomic E-state index is 0.111. The van der Waals surface area contributed by atoms with Crippen LogP contribution in [0.25, 0.3) is 10.8 Å². The molecular weight excluding hydrogens is 250 g/mol. The average molecular weight is 261 g/mol. The Bertz CT molecular complexity index is 699. The Hall–Kier alpha value is -1.97. The molecule has 92 valence electrons. The fourth-order valence-electron chi connectivity index (χ4n) is 1.65. The molecule has 0 aliphatic rings. The molecule has 5 nitrogen and oxygen atoms in total. The Morgan fingerprint density at radius 1 is 1.33 bits per heavy atom. The van der Waals surface area contributed by atoms with E-state index in [0.29, 0.717) is 5.39 Å². The van der Waals surface area contributed by atoms with Crippen LogP contribution in [-0.2, 0) is 10.0 Å². The molecule has 6 heteroatoms. The van der Waals surface area contributed by atoms with Crippen molar-refractivity contribution in [2.75, 3.05) is 6.54 Å². The van der Waals surface area contributed by atoms with Gasteiger partial charge in [-0.1, -0.05) is 12.1 Å². The topological polar surface area (TPSA) is 82.9 Å². The molecule has 0 aliphatic heterocycles. The van der Waals surface area contributed by atoms with Crippen LogP contribution in [0, 0.1) is 11.3 Å². The molecule has 1 aromatic heterocycles. The van der Waals surface area contributed by atoms with E-state index in [0.717, 1.165) is 5.39 Å². The summed E-state index contributed by atoms with van der Waals surface area (Å²) < 4.78 is 26.6. The molecule has 2 aromatic rings.